The smallest absolute Gasteiger partial charge is 0.339 e. The van der Waals surface area contributed by atoms with Crippen LogP contribution in [0.4, 0.5) is 5.82 Å². The first kappa shape index (κ1) is 13.0. The molecular weight excluding hydrogens is 272 g/mol. The number of sulfonamides is 1. The monoisotopic (exact) mass is 282 g/mol. The van der Waals surface area contributed by atoms with Crippen LogP contribution in [0.1, 0.15) is 10.4 Å². The van der Waals surface area contributed by atoms with E-state index >= 15 is 0 Å². The zero-order chi connectivity index (χ0) is 14.0. The van der Waals surface area contributed by atoms with E-state index in [0.29, 0.717) is 0 Å². The molecule has 0 spiro atoms. The summed E-state index contributed by atoms with van der Waals surface area (Å²) < 4.78 is 27.4. The Kier molecular flexibility index (Phi) is 3.21. The second-order valence-electron chi connectivity index (χ2n) is 3.60. The molecular formula is C10H10N4O4S. The molecule has 0 amide bonds. The molecule has 8 nitrogen and oxygen atoms in total. The topological polar surface area (TPSA) is 114 Å². The number of rotatable bonds is 4. The molecule has 0 unspecified atom stereocenters. The van der Waals surface area contributed by atoms with E-state index in [9.17, 15) is 13.2 Å². The van der Waals surface area contributed by atoms with E-state index < -0.39 is 16.0 Å². The zero-order valence-corrected chi connectivity index (χ0v) is 10.6. The Balaban J connectivity index is 2.42. The molecule has 2 aromatic heterocycles. The molecule has 2 heterocycles. The average Bonchev–Trinajstić information content (AvgIpc) is 2.76. The Bertz CT molecular complexity index is 723. The largest absolute Gasteiger partial charge is 0.478 e. The molecule has 0 aliphatic heterocycles. The van der Waals surface area contributed by atoms with Gasteiger partial charge in [-0.25, -0.2) is 9.78 Å². The fourth-order valence-electron chi connectivity index (χ4n) is 1.46. The lowest BCUT2D eigenvalue weighted by atomic mass is 10.3. The normalized spacial score (nSPS) is 11.2. The van der Waals surface area contributed by atoms with Gasteiger partial charge in [-0.1, -0.05) is 0 Å². The molecule has 2 aromatic rings. The van der Waals surface area contributed by atoms with Gasteiger partial charge in [-0.15, -0.1) is 0 Å². The van der Waals surface area contributed by atoms with Gasteiger partial charge in [0.1, 0.15) is 5.56 Å². The van der Waals surface area contributed by atoms with E-state index in [4.69, 9.17) is 5.11 Å². The van der Waals surface area contributed by atoms with Crippen molar-refractivity contribution < 1.29 is 18.3 Å². The fourth-order valence-corrected chi connectivity index (χ4v) is 2.62. The van der Waals surface area contributed by atoms with Crippen LogP contribution >= 0.6 is 0 Å². The maximum Gasteiger partial charge on any atom is 0.339 e. The molecule has 2 N–H and O–H groups in total. The first-order valence-electron chi connectivity index (χ1n) is 5.11. The molecule has 0 aliphatic rings. The SMILES string of the molecule is Cn1nccc1S(=O)(=O)Nc1ncccc1C(=O)O. The third-order valence-corrected chi connectivity index (χ3v) is 3.73. The van der Waals surface area contributed by atoms with Crippen molar-refractivity contribution in [3.05, 3.63) is 36.2 Å². The predicted molar refractivity (Wildman–Crippen MR) is 65.2 cm³/mol. The van der Waals surface area contributed by atoms with Gasteiger partial charge in [-0.2, -0.15) is 13.5 Å². The molecule has 0 saturated heterocycles. The minimum absolute atomic E-state index is 0.0884. The number of aromatic nitrogens is 3. The maximum absolute atomic E-state index is 12.1. The van der Waals surface area contributed by atoms with Crippen molar-refractivity contribution in [2.75, 3.05) is 4.72 Å². The number of anilines is 1. The van der Waals surface area contributed by atoms with E-state index in [2.05, 4.69) is 14.8 Å². The van der Waals surface area contributed by atoms with Crippen molar-refractivity contribution in [2.45, 2.75) is 5.03 Å². The highest BCUT2D eigenvalue weighted by molar-refractivity contribution is 7.92. The fraction of sp³-hybridized carbons (Fsp3) is 0.100. The Hall–Kier alpha value is -2.42. The van der Waals surface area contributed by atoms with Gasteiger partial charge in [0.05, 0.1) is 6.20 Å². The van der Waals surface area contributed by atoms with Crippen molar-refractivity contribution in [3.63, 3.8) is 0 Å². The molecule has 2 rings (SSSR count). The second-order valence-corrected chi connectivity index (χ2v) is 5.23. The number of hydrogen-bond acceptors (Lipinski definition) is 5. The van der Waals surface area contributed by atoms with Gasteiger partial charge in [-0.3, -0.25) is 9.40 Å². The molecule has 0 atom stereocenters. The molecule has 9 heteroatoms. The van der Waals surface area contributed by atoms with Crippen molar-refractivity contribution in [2.24, 2.45) is 7.05 Å². The molecule has 0 fully saturated rings. The van der Waals surface area contributed by atoms with Gasteiger partial charge in [0, 0.05) is 13.2 Å². The highest BCUT2D eigenvalue weighted by Gasteiger charge is 2.21. The summed E-state index contributed by atoms with van der Waals surface area (Å²) in [5, 5.41) is 12.6. The Morgan fingerprint density at radius 2 is 2.11 bits per heavy atom. The number of carbonyl (C=O) groups is 1. The zero-order valence-electron chi connectivity index (χ0n) is 9.81. The minimum Gasteiger partial charge on any atom is -0.478 e. The van der Waals surface area contributed by atoms with Crippen LogP contribution in [0, 0.1) is 0 Å². The lowest BCUT2D eigenvalue weighted by Gasteiger charge is -2.09. The first-order chi connectivity index (χ1) is 8.92. The number of aromatic carboxylic acids is 1. The van der Waals surface area contributed by atoms with Gasteiger partial charge in [-0.05, 0) is 18.2 Å². The van der Waals surface area contributed by atoms with Crippen LogP contribution in [0.3, 0.4) is 0 Å². The van der Waals surface area contributed by atoms with Gasteiger partial charge in [0.25, 0.3) is 10.0 Å². The molecule has 0 bridgehead atoms. The summed E-state index contributed by atoms with van der Waals surface area (Å²) in [7, 11) is -2.47. The number of aryl methyl sites for hydroxylation is 1. The van der Waals surface area contributed by atoms with Gasteiger partial charge in [0.15, 0.2) is 10.8 Å². The van der Waals surface area contributed by atoms with Crippen LogP contribution in [0.25, 0.3) is 0 Å². The van der Waals surface area contributed by atoms with E-state index in [0.717, 1.165) is 4.68 Å². The molecule has 0 saturated carbocycles. The van der Waals surface area contributed by atoms with Crippen LogP contribution in [-0.4, -0.2) is 34.3 Å². The van der Waals surface area contributed by atoms with Crippen LogP contribution < -0.4 is 4.72 Å². The summed E-state index contributed by atoms with van der Waals surface area (Å²) in [6.45, 7) is 0. The standard InChI is InChI=1S/C10H10N4O4S/c1-14-8(4-6-12-14)19(17,18)13-9-7(10(15)16)3-2-5-11-9/h2-6H,1H3,(H,11,13)(H,15,16). The van der Waals surface area contributed by atoms with E-state index in [1.807, 2.05) is 0 Å². The second kappa shape index (κ2) is 4.69. The lowest BCUT2D eigenvalue weighted by molar-refractivity contribution is 0.0697. The molecule has 0 aliphatic carbocycles. The summed E-state index contributed by atoms with van der Waals surface area (Å²) in [6.07, 6.45) is 2.62. The molecule has 0 aromatic carbocycles. The maximum atomic E-state index is 12.1. The Morgan fingerprint density at radius 1 is 1.37 bits per heavy atom. The summed E-state index contributed by atoms with van der Waals surface area (Å²) in [4.78, 5) is 14.7. The Morgan fingerprint density at radius 3 is 2.68 bits per heavy atom. The number of nitrogens with zero attached hydrogens (tertiary/aromatic N) is 3. The predicted octanol–water partition coefficient (Wildman–Crippen LogP) is 0.314. The summed E-state index contributed by atoms with van der Waals surface area (Å²) >= 11 is 0. The summed E-state index contributed by atoms with van der Waals surface area (Å²) in [5.74, 6) is -1.51. The average molecular weight is 282 g/mol. The van der Waals surface area contributed by atoms with Crippen molar-refractivity contribution >= 4 is 21.8 Å². The molecule has 19 heavy (non-hydrogen) atoms. The number of nitrogens with one attached hydrogen (secondary N) is 1. The van der Waals surface area contributed by atoms with Crippen LogP contribution in [0.5, 0.6) is 0 Å². The Labute approximate surface area is 108 Å². The molecule has 100 valence electrons. The van der Waals surface area contributed by atoms with Crippen LogP contribution in [0.15, 0.2) is 35.6 Å². The van der Waals surface area contributed by atoms with Crippen LogP contribution in [0.2, 0.25) is 0 Å². The number of pyridine rings is 1. The van der Waals surface area contributed by atoms with Crippen LogP contribution in [-0.2, 0) is 17.1 Å². The molecule has 0 radical (unpaired) electrons. The van der Waals surface area contributed by atoms with Crippen molar-refractivity contribution in [1.82, 2.24) is 14.8 Å². The van der Waals surface area contributed by atoms with E-state index in [-0.39, 0.29) is 16.4 Å². The third kappa shape index (κ3) is 2.55. The highest BCUT2D eigenvalue weighted by atomic mass is 32.2. The summed E-state index contributed by atoms with van der Waals surface area (Å²) in [5.41, 5.74) is -0.228. The summed E-state index contributed by atoms with van der Waals surface area (Å²) in [6, 6.07) is 3.97. The van der Waals surface area contributed by atoms with E-state index in [1.54, 1.807) is 0 Å². The van der Waals surface area contributed by atoms with Crippen molar-refractivity contribution in [1.29, 1.82) is 0 Å². The number of hydrogen-bond donors (Lipinski definition) is 2. The quantitative estimate of drug-likeness (QED) is 0.834. The third-order valence-electron chi connectivity index (χ3n) is 2.32. The number of carboxylic acid groups (broad SMARTS) is 1. The lowest BCUT2D eigenvalue weighted by Crippen LogP contribution is -2.19. The highest BCUT2D eigenvalue weighted by Crippen LogP contribution is 2.17. The number of carboxylic acids is 1. The van der Waals surface area contributed by atoms with E-state index in [1.165, 1.54) is 37.6 Å². The minimum atomic E-state index is -3.93. The van der Waals surface area contributed by atoms with Gasteiger partial charge in [0.2, 0.25) is 0 Å². The van der Waals surface area contributed by atoms with Gasteiger partial charge >= 0.3 is 5.97 Å². The first-order valence-corrected chi connectivity index (χ1v) is 6.59. The van der Waals surface area contributed by atoms with Crippen molar-refractivity contribution in [3.8, 4) is 0 Å². The van der Waals surface area contributed by atoms with Gasteiger partial charge < -0.3 is 5.11 Å².